The van der Waals surface area contributed by atoms with Crippen molar-refractivity contribution in [1.82, 2.24) is 4.98 Å². The lowest BCUT2D eigenvalue weighted by Gasteiger charge is -2.60. The van der Waals surface area contributed by atoms with Crippen molar-refractivity contribution in [2.75, 3.05) is 0 Å². The van der Waals surface area contributed by atoms with E-state index < -0.39 is 0 Å². The summed E-state index contributed by atoms with van der Waals surface area (Å²) in [4.78, 5) is 17.2. The zero-order valence-electron chi connectivity index (χ0n) is 18.4. The summed E-state index contributed by atoms with van der Waals surface area (Å²) in [6.07, 6.45) is 10.9. The number of carbonyl (C=O) groups excluding carboxylic acids is 1. The standard InChI is InChI=1S/C27H35NO2/c1-26-11-9-17(29)13-16(26)7-8-19-22(26)10-12-27(2)23(19)14-20(25(27)30)21-15-28-24-6-4-3-5-18(21)24/h3-6,15-17,19-20,22-23,28-29H,7-14H2,1-2H3/t16-,17-,19+,20?,22-,23-,26-,27-/m0/s1. The molecule has 160 valence electrons. The summed E-state index contributed by atoms with van der Waals surface area (Å²) < 4.78 is 0. The molecular formula is C27H35NO2. The number of nitrogens with one attached hydrogen (secondary N) is 1. The molecule has 0 amide bonds. The van der Waals surface area contributed by atoms with Gasteiger partial charge in [-0.3, -0.25) is 4.79 Å². The third kappa shape index (κ3) is 2.45. The second kappa shape index (κ2) is 6.45. The number of aliphatic hydroxyl groups excluding tert-OH is 1. The Hall–Kier alpha value is -1.61. The normalized spacial score (nSPS) is 45.8. The number of aromatic amines is 1. The Kier molecular flexibility index (Phi) is 4.11. The molecule has 2 aromatic rings. The van der Waals surface area contributed by atoms with Crippen molar-refractivity contribution in [2.45, 2.75) is 77.2 Å². The number of Topliss-reactive ketones (excluding diaryl/α,β-unsaturated/α-hetero) is 1. The fraction of sp³-hybridized carbons (Fsp3) is 0.667. The van der Waals surface area contributed by atoms with E-state index >= 15 is 0 Å². The molecule has 0 bridgehead atoms. The number of benzene rings is 1. The number of H-pyrrole nitrogens is 1. The Morgan fingerprint density at radius 1 is 1.00 bits per heavy atom. The van der Waals surface area contributed by atoms with E-state index in [0.29, 0.717) is 29.0 Å². The van der Waals surface area contributed by atoms with Gasteiger partial charge in [-0.25, -0.2) is 0 Å². The highest BCUT2D eigenvalue weighted by Gasteiger charge is 2.62. The van der Waals surface area contributed by atoms with Crippen LogP contribution < -0.4 is 0 Å². The van der Waals surface area contributed by atoms with Gasteiger partial charge in [0.05, 0.1) is 6.10 Å². The number of aromatic nitrogens is 1. The Labute approximate surface area is 179 Å². The topological polar surface area (TPSA) is 53.1 Å². The molecule has 8 atom stereocenters. The van der Waals surface area contributed by atoms with Crippen LogP contribution in [0, 0.1) is 34.5 Å². The molecule has 4 aliphatic rings. The van der Waals surface area contributed by atoms with Gasteiger partial charge < -0.3 is 10.1 Å². The number of aliphatic hydroxyl groups is 1. The summed E-state index contributed by atoms with van der Waals surface area (Å²) in [5.41, 5.74) is 2.59. The van der Waals surface area contributed by atoms with Crippen molar-refractivity contribution in [3.8, 4) is 0 Å². The summed E-state index contributed by atoms with van der Waals surface area (Å²) in [6.45, 7) is 4.82. The highest BCUT2D eigenvalue weighted by molar-refractivity contribution is 5.97. The molecule has 4 saturated carbocycles. The van der Waals surface area contributed by atoms with Crippen molar-refractivity contribution in [1.29, 1.82) is 0 Å². The van der Waals surface area contributed by atoms with Crippen LogP contribution in [-0.4, -0.2) is 22.0 Å². The number of hydrogen-bond donors (Lipinski definition) is 2. The van der Waals surface area contributed by atoms with Crippen LogP contribution in [0.4, 0.5) is 0 Å². The minimum Gasteiger partial charge on any atom is -0.393 e. The van der Waals surface area contributed by atoms with Gasteiger partial charge in [0.25, 0.3) is 0 Å². The van der Waals surface area contributed by atoms with Gasteiger partial charge in [0.15, 0.2) is 0 Å². The van der Waals surface area contributed by atoms with E-state index in [1.54, 1.807) is 0 Å². The third-order valence-electron chi connectivity index (χ3n) is 10.4. The van der Waals surface area contributed by atoms with Gasteiger partial charge in [0.2, 0.25) is 0 Å². The fourth-order valence-corrected chi connectivity index (χ4v) is 8.71. The van der Waals surface area contributed by atoms with Crippen molar-refractivity contribution in [3.05, 3.63) is 36.0 Å². The van der Waals surface area contributed by atoms with Gasteiger partial charge in [0.1, 0.15) is 5.78 Å². The number of carbonyl (C=O) groups is 1. The van der Waals surface area contributed by atoms with Crippen LogP contribution in [0.3, 0.4) is 0 Å². The first-order valence-corrected chi connectivity index (χ1v) is 12.2. The molecule has 0 spiro atoms. The predicted octanol–water partition coefficient (Wildman–Crippen LogP) is 5.83. The quantitative estimate of drug-likeness (QED) is 0.627. The zero-order valence-corrected chi connectivity index (χ0v) is 18.4. The highest BCUT2D eigenvalue weighted by atomic mass is 16.3. The average molecular weight is 406 g/mol. The maximum absolute atomic E-state index is 13.8. The van der Waals surface area contributed by atoms with E-state index in [1.807, 2.05) is 0 Å². The number of ketones is 1. The van der Waals surface area contributed by atoms with E-state index in [2.05, 4.69) is 49.3 Å². The molecule has 4 fully saturated rings. The fourth-order valence-electron chi connectivity index (χ4n) is 8.71. The van der Waals surface area contributed by atoms with Crippen LogP contribution in [0.2, 0.25) is 0 Å². The highest BCUT2D eigenvalue weighted by Crippen LogP contribution is 2.67. The predicted molar refractivity (Wildman–Crippen MR) is 119 cm³/mol. The number of hydrogen-bond acceptors (Lipinski definition) is 2. The SMILES string of the molecule is C[C@]12CC[C@H](O)C[C@@H]1CC[C@@H]1[C@@H]2CC[C@]2(C)C(=O)C(c3c[nH]c4ccccc34)C[C@@H]12. The lowest BCUT2D eigenvalue weighted by Crippen LogP contribution is -2.54. The molecule has 0 saturated heterocycles. The second-order valence-electron chi connectivity index (χ2n) is 11.5. The van der Waals surface area contributed by atoms with Crippen molar-refractivity contribution >= 4 is 16.7 Å². The maximum atomic E-state index is 13.8. The molecule has 6 rings (SSSR count). The van der Waals surface area contributed by atoms with Crippen molar-refractivity contribution < 1.29 is 9.90 Å². The summed E-state index contributed by atoms with van der Waals surface area (Å²) in [5, 5.41) is 11.5. The molecule has 2 N–H and O–H groups in total. The zero-order chi connectivity index (χ0) is 20.7. The number of rotatable bonds is 1. The average Bonchev–Trinajstić information content (AvgIpc) is 3.27. The Morgan fingerprint density at radius 3 is 2.70 bits per heavy atom. The van der Waals surface area contributed by atoms with E-state index in [4.69, 9.17) is 0 Å². The molecular weight excluding hydrogens is 370 g/mol. The monoisotopic (exact) mass is 405 g/mol. The second-order valence-corrected chi connectivity index (χ2v) is 11.5. The van der Waals surface area contributed by atoms with Gasteiger partial charge in [-0.15, -0.1) is 0 Å². The molecule has 1 aromatic heterocycles. The minimum absolute atomic E-state index is 0.0496. The summed E-state index contributed by atoms with van der Waals surface area (Å²) >= 11 is 0. The molecule has 1 heterocycles. The van der Waals surface area contributed by atoms with Gasteiger partial charge >= 0.3 is 0 Å². The summed E-state index contributed by atoms with van der Waals surface area (Å²) in [7, 11) is 0. The molecule has 3 nitrogen and oxygen atoms in total. The lowest BCUT2D eigenvalue weighted by atomic mass is 9.45. The Bertz CT molecular complexity index is 994. The van der Waals surface area contributed by atoms with Gasteiger partial charge in [-0.2, -0.15) is 0 Å². The minimum atomic E-state index is -0.151. The van der Waals surface area contributed by atoms with Crippen LogP contribution in [0.1, 0.15) is 76.7 Å². The van der Waals surface area contributed by atoms with E-state index in [0.717, 1.165) is 37.1 Å². The number of fused-ring (bicyclic) bond motifs is 6. The van der Waals surface area contributed by atoms with Crippen LogP contribution >= 0.6 is 0 Å². The lowest BCUT2D eigenvalue weighted by molar-refractivity contribution is -0.142. The van der Waals surface area contributed by atoms with Crippen molar-refractivity contribution in [2.24, 2.45) is 34.5 Å². The van der Waals surface area contributed by atoms with E-state index in [9.17, 15) is 9.90 Å². The van der Waals surface area contributed by atoms with E-state index in [1.165, 1.54) is 36.6 Å². The molecule has 0 aliphatic heterocycles. The third-order valence-corrected chi connectivity index (χ3v) is 10.4. The summed E-state index contributed by atoms with van der Waals surface area (Å²) in [6, 6.07) is 8.43. The molecule has 3 heteroatoms. The Balaban J connectivity index is 1.35. The molecule has 30 heavy (non-hydrogen) atoms. The smallest absolute Gasteiger partial charge is 0.146 e. The molecule has 0 radical (unpaired) electrons. The van der Waals surface area contributed by atoms with Gasteiger partial charge in [0, 0.05) is 28.4 Å². The van der Waals surface area contributed by atoms with Crippen LogP contribution in [-0.2, 0) is 4.79 Å². The van der Waals surface area contributed by atoms with Crippen LogP contribution in [0.25, 0.3) is 10.9 Å². The number of para-hydroxylation sites is 1. The molecule has 1 unspecified atom stereocenters. The van der Waals surface area contributed by atoms with Gasteiger partial charge in [-0.1, -0.05) is 32.0 Å². The van der Waals surface area contributed by atoms with Crippen molar-refractivity contribution in [3.63, 3.8) is 0 Å². The van der Waals surface area contributed by atoms with E-state index in [-0.39, 0.29) is 17.4 Å². The maximum Gasteiger partial charge on any atom is 0.146 e. The summed E-state index contributed by atoms with van der Waals surface area (Å²) in [5.74, 6) is 3.16. The van der Waals surface area contributed by atoms with Gasteiger partial charge in [-0.05, 0) is 92.1 Å². The molecule has 1 aromatic carbocycles. The first-order valence-electron chi connectivity index (χ1n) is 12.2. The van der Waals surface area contributed by atoms with Crippen LogP contribution in [0.5, 0.6) is 0 Å². The molecule has 4 aliphatic carbocycles. The van der Waals surface area contributed by atoms with Crippen LogP contribution in [0.15, 0.2) is 30.5 Å². The largest absolute Gasteiger partial charge is 0.393 e. The first-order chi connectivity index (χ1) is 14.4. The Morgan fingerprint density at radius 2 is 1.83 bits per heavy atom. The first kappa shape index (κ1) is 19.1.